The molecule has 7 heteroatoms. The summed E-state index contributed by atoms with van der Waals surface area (Å²) in [5, 5.41) is 14.9. The second-order valence-corrected chi connectivity index (χ2v) is 9.91. The molecule has 2 aliphatic rings. The first kappa shape index (κ1) is 24.8. The van der Waals surface area contributed by atoms with Crippen LogP contribution in [0.25, 0.3) is 11.1 Å². The molecule has 186 valence electrons. The average Bonchev–Trinajstić information content (AvgIpc) is 3.15. The van der Waals surface area contributed by atoms with Gasteiger partial charge < -0.3 is 20.5 Å². The van der Waals surface area contributed by atoms with E-state index in [1.54, 1.807) is 0 Å². The van der Waals surface area contributed by atoms with Crippen molar-refractivity contribution in [3.63, 3.8) is 0 Å². The number of fused-ring (bicyclic) bond motifs is 3. The summed E-state index contributed by atoms with van der Waals surface area (Å²) in [5.74, 6) is -1.11. The lowest BCUT2D eigenvalue weighted by molar-refractivity contribution is -0.138. The zero-order valence-electron chi connectivity index (χ0n) is 20.4. The maximum absolute atomic E-state index is 13.4. The van der Waals surface area contributed by atoms with Gasteiger partial charge in [0.2, 0.25) is 5.91 Å². The van der Waals surface area contributed by atoms with Gasteiger partial charge in [-0.1, -0.05) is 75.2 Å². The van der Waals surface area contributed by atoms with Gasteiger partial charge in [-0.15, -0.1) is 0 Å². The quantitative estimate of drug-likeness (QED) is 0.503. The van der Waals surface area contributed by atoms with Gasteiger partial charge in [0.15, 0.2) is 0 Å². The van der Waals surface area contributed by atoms with Gasteiger partial charge in [-0.05, 0) is 47.4 Å². The number of rotatable bonds is 8. The van der Waals surface area contributed by atoms with E-state index in [1.807, 2.05) is 31.2 Å². The molecule has 0 bridgehead atoms. The molecule has 35 heavy (non-hydrogen) atoms. The number of amides is 2. The molecule has 2 unspecified atom stereocenters. The molecule has 0 spiro atoms. The van der Waals surface area contributed by atoms with Gasteiger partial charge in [0, 0.05) is 12.0 Å². The number of alkyl carbamates (subject to hydrolysis) is 1. The summed E-state index contributed by atoms with van der Waals surface area (Å²) in [5.41, 5.74) is 3.45. The molecule has 7 nitrogen and oxygen atoms in total. The molecular formula is C28H34N2O5. The molecule has 3 N–H and O–H groups in total. The number of carboxylic acid groups (broad SMARTS) is 1. The molecular weight excluding hydrogens is 444 g/mol. The molecule has 2 aromatic rings. The van der Waals surface area contributed by atoms with E-state index in [-0.39, 0.29) is 30.8 Å². The first-order valence-electron chi connectivity index (χ1n) is 12.5. The molecule has 4 rings (SSSR count). The number of carbonyl (C=O) groups is 3. The molecule has 0 aromatic heterocycles. The third-order valence-corrected chi connectivity index (χ3v) is 7.37. The summed E-state index contributed by atoms with van der Waals surface area (Å²) in [4.78, 5) is 37.6. The number of carboxylic acids is 1. The molecule has 2 aliphatic carbocycles. The number of carbonyl (C=O) groups excluding carboxylic acids is 2. The minimum atomic E-state index is -1.10. The Morgan fingerprint density at radius 3 is 2.29 bits per heavy atom. The van der Waals surface area contributed by atoms with Crippen molar-refractivity contribution < 1.29 is 24.2 Å². The summed E-state index contributed by atoms with van der Waals surface area (Å²) in [6.45, 7) is 4.07. The summed E-state index contributed by atoms with van der Waals surface area (Å²) in [7, 11) is 0. The maximum Gasteiger partial charge on any atom is 0.408 e. The zero-order valence-corrected chi connectivity index (χ0v) is 20.4. The third kappa shape index (κ3) is 5.34. The average molecular weight is 479 g/mol. The first-order chi connectivity index (χ1) is 16.8. The molecule has 0 heterocycles. The monoisotopic (exact) mass is 478 g/mol. The Morgan fingerprint density at radius 2 is 1.71 bits per heavy atom. The number of ether oxygens (including phenoxy) is 1. The van der Waals surface area contributed by atoms with Crippen molar-refractivity contribution in [2.75, 3.05) is 6.61 Å². The molecule has 1 fully saturated rings. The Bertz CT molecular complexity index is 1050. The van der Waals surface area contributed by atoms with Crippen LogP contribution in [0.1, 0.15) is 69.4 Å². The van der Waals surface area contributed by atoms with Crippen molar-refractivity contribution >= 4 is 18.0 Å². The summed E-state index contributed by atoms with van der Waals surface area (Å²) >= 11 is 0. The van der Waals surface area contributed by atoms with Crippen molar-refractivity contribution in [2.24, 2.45) is 5.92 Å². The van der Waals surface area contributed by atoms with E-state index in [0.29, 0.717) is 19.3 Å². The van der Waals surface area contributed by atoms with Crippen molar-refractivity contribution in [1.82, 2.24) is 10.6 Å². The fourth-order valence-electron chi connectivity index (χ4n) is 5.59. The van der Waals surface area contributed by atoms with Gasteiger partial charge in [-0.2, -0.15) is 0 Å². The topological polar surface area (TPSA) is 105 Å². The van der Waals surface area contributed by atoms with Gasteiger partial charge in [-0.25, -0.2) is 4.79 Å². The highest BCUT2D eigenvalue weighted by atomic mass is 16.5. The molecule has 0 saturated heterocycles. The van der Waals surface area contributed by atoms with Gasteiger partial charge in [0.1, 0.15) is 12.1 Å². The Balaban J connectivity index is 1.47. The molecule has 0 radical (unpaired) electrons. The van der Waals surface area contributed by atoms with E-state index in [9.17, 15) is 14.4 Å². The second kappa shape index (κ2) is 10.5. The predicted octanol–water partition coefficient (Wildman–Crippen LogP) is 4.84. The van der Waals surface area contributed by atoms with E-state index in [0.717, 1.165) is 35.1 Å². The lowest BCUT2D eigenvalue weighted by Crippen LogP contribution is -2.62. The Kier molecular flexibility index (Phi) is 7.43. The highest BCUT2D eigenvalue weighted by Gasteiger charge is 2.44. The minimum Gasteiger partial charge on any atom is -0.481 e. The predicted molar refractivity (Wildman–Crippen MR) is 133 cm³/mol. The van der Waals surface area contributed by atoms with Crippen LogP contribution in [0, 0.1) is 5.92 Å². The fourth-order valence-corrected chi connectivity index (χ4v) is 5.59. The fraction of sp³-hybridized carbons (Fsp3) is 0.464. The van der Waals surface area contributed by atoms with Crippen molar-refractivity contribution in [3.05, 3.63) is 59.7 Å². The lowest BCUT2D eigenvalue weighted by Gasteiger charge is -2.39. The van der Waals surface area contributed by atoms with Crippen molar-refractivity contribution in [2.45, 2.75) is 69.9 Å². The van der Waals surface area contributed by atoms with Crippen LogP contribution in [-0.4, -0.2) is 41.3 Å². The molecule has 2 amide bonds. The van der Waals surface area contributed by atoms with E-state index in [1.165, 1.54) is 0 Å². The molecule has 2 aromatic carbocycles. The minimum absolute atomic E-state index is 0.0664. The van der Waals surface area contributed by atoms with E-state index < -0.39 is 23.6 Å². The standard InChI is InChI=1S/C28H34N2O5/c1-3-19(15-25(31)32)29-26(33)28(14-8-9-18(2)16-28)30-27(34)35-17-24-22-12-6-4-10-20(22)21-11-5-7-13-23(21)24/h4-7,10-13,18-19,24H,3,8-9,14-17H2,1-2H3,(H,29,33)(H,30,34)(H,31,32)/t18?,19-,28?/m0/s1. The third-order valence-electron chi connectivity index (χ3n) is 7.37. The van der Waals surface area contributed by atoms with E-state index >= 15 is 0 Å². The Hall–Kier alpha value is -3.35. The number of hydrogen-bond acceptors (Lipinski definition) is 4. The Morgan fingerprint density at radius 1 is 1.09 bits per heavy atom. The van der Waals surface area contributed by atoms with Crippen LogP contribution in [0.3, 0.4) is 0 Å². The first-order valence-corrected chi connectivity index (χ1v) is 12.5. The van der Waals surface area contributed by atoms with Gasteiger partial charge >= 0.3 is 12.1 Å². The van der Waals surface area contributed by atoms with Crippen LogP contribution in [0.4, 0.5) is 4.79 Å². The number of hydrogen-bond donors (Lipinski definition) is 3. The molecule has 3 atom stereocenters. The molecule has 1 saturated carbocycles. The highest BCUT2D eigenvalue weighted by molar-refractivity contribution is 5.90. The largest absolute Gasteiger partial charge is 0.481 e. The van der Waals surface area contributed by atoms with Gasteiger partial charge in [0.05, 0.1) is 6.42 Å². The van der Waals surface area contributed by atoms with Crippen molar-refractivity contribution in [3.8, 4) is 11.1 Å². The number of nitrogens with one attached hydrogen (secondary N) is 2. The van der Waals surface area contributed by atoms with E-state index in [4.69, 9.17) is 9.84 Å². The van der Waals surface area contributed by atoms with Gasteiger partial charge in [-0.3, -0.25) is 9.59 Å². The van der Waals surface area contributed by atoms with Crippen molar-refractivity contribution in [1.29, 1.82) is 0 Å². The zero-order chi connectivity index (χ0) is 25.0. The second-order valence-electron chi connectivity index (χ2n) is 9.91. The smallest absolute Gasteiger partial charge is 0.408 e. The maximum atomic E-state index is 13.4. The lowest BCUT2D eigenvalue weighted by atomic mass is 9.75. The van der Waals surface area contributed by atoms with Crippen LogP contribution in [0.5, 0.6) is 0 Å². The van der Waals surface area contributed by atoms with Gasteiger partial charge in [0.25, 0.3) is 0 Å². The number of aliphatic carboxylic acids is 1. The summed E-state index contributed by atoms with van der Waals surface area (Å²) < 4.78 is 5.72. The van der Waals surface area contributed by atoms with Crippen LogP contribution in [0.15, 0.2) is 48.5 Å². The van der Waals surface area contributed by atoms with Crippen LogP contribution in [-0.2, 0) is 14.3 Å². The normalized spacial score (nSPS) is 21.9. The SMILES string of the molecule is CC[C@@H](CC(=O)O)NC(=O)C1(NC(=O)OCC2c3ccccc3-c3ccccc32)CCCC(C)C1. The summed E-state index contributed by atoms with van der Waals surface area (Å²) in [6, 6.07) is 15.8. The van der Waals surface area contributed by atoms with E-state index in [2.05, 4.69) is 41.8 Å². The van der Waals surface area contributed by atoms with Crippen LogP contribution in [0.2, 0.25) is 0 Å². The molecule has 0 aliphatic heterocycles. The van der Waals surface area contributed by atoms with Crippen LogP contribution < -0.4 is 10.6 Å². The Labute approximate surface area is 206 Å². The number of benzene rings is 2. The van der Waals surface area contributed by atoms with Crippen LogP contribution >= 0.6 is 0 Å². The highest BCUT2D eigenvalue weighted by Crippen LogP contribution is 2.44. The summed E-state index contributed by atoms with van der Waals surface area (Å²) in [6.07, 6.45) is 2.49.